The highest BCUT2D eigenvalue weighted by atomic mass is 16.1. The number of aromatic nitrogens is 4. The number of nitrogens with one attached hydrogen (secondary N) is 1. The van der Waals surface area contributed by atoms with Crippen molar-refractivity contribution in [3.05, 3.63) is 63.7 Å². The molecule has 3 aromatic rings. The van der Waals surface area contributed by atoms with E-state index in [9.17, 15) is 9.59 Å². The minimum atomic E-state index is -0.244. The van der Waals surface area contributed by atoms with Crippen LogP contribution in [0.25, 0.3) is 11.0 Å². The lowest BCUT2D eigenvalue weighted by molar-refractivity contribution is 0.101. The molecule has 1 fully saturated rings. The van der Waals surface area contributed by atoms with Crippen molar-refractivity contribution in [2.24, 2.45) is 5.92 Å². The maximum Gasteiger partial charge on any atom is 0.263 e. The molecule has 1 saturated carbocycles. The maximum absolute atomic E-state index is 13.4. The van der Waals surface area contributed by atoms with Gasteiger partial charge in [-0.25, -0.2) is 9.97 Å². The number of hydrogen-bond donors (Lipinski definition) is 1. The quantitative estimate of drug-likeness (QED) is 0.448. The van der Waals surface area contributed by atoms with Crippen LogP contribution in [0.3, 0.4) is 0 Å². The van der Waals surface area contributed by atoms with Gasteiger partial charge in [0.2, 0.25) is 5.95 Å². The zero-order valence-corrected chi connectivity index (χ0v) is 19.2. The smallest absolute Gasteiger partial charge is 0.263 e. The van der Waals surface area contributed by atoms with Gasteiger partial charge in [-0.15, -0.1) is 6.58 Å². The lowest BCUT2D eigenvalue weighted by Gasteiger charge is -2.22. The summed E-state index contributed by atoms with van der Waals surface area (Å²) in [6.07, 6.45) is 10.7. The van der Waals surface area contributed by atoms with Gasteiger partial charge in [-0.3, -0.25) is 14.2 Å². The third-order valence-corrected chi connectivity index (χ3v) is 7.13. The Morgan fingerprint density at radius 3 is 2.73 bits per heavy atom. The van der Waals surface area contributed by atoms with Crippen LogP contribution in [0.5, 0.6) is 0 Å². The predicted molar refractivity (Wildman–Crippen MR) is 129 cm³/mol. The first kappa shape index (κ1) is 21.5. The first-order chi connectivity index (χ1) is 16.0. The predicted octanol–water partition coefficient (Wildman–Crippen LogP) is 4.85. The molecular formula is C26H29N5O2. The van der Waals surface area contributed by atoms with E-state index in [2.05, 4.69) is 22.9 Å². The van der Waals surface area contributed by atoms with E-state index in [4.69, 9.17) is 9.97 Å². The molecule has 3 aromatic heterocycles. The lowest BCUT2D eigenvalue weighted by Crippen LogP contribution is -2.30. The number of Topliss-reactive ketones (excluding diaryl/α,β-unsaturated/α-hetero) is 1. The largest absolute Gasteiger partial charge is 0.309 e. The summed E-state index contributed by atoms with van der Waals surface area (Å²) < 4.78 is 1.73. The molecule has 0 radical (unpaired) electrons. The van der Waals surface area contributed by atoms with Crippen LogP contribution in [0.1, 0.15) is 72.2 Å². The number of rotatable bonds is 5. The molecule has 33 heavy (non-hydrogen) atoms. The highest BCUT2D eigenvalue weighted by Crippen LogP contribution is 2.32. The summed E-state index contributed by atoms with van der Waals surface area (Å²) in [7, 11) is 0. The summed E-state index contributed by atoms with van der Waals surface area (Å²) in [5.74, 6) is 1.32. The Morgan fingerprint density at radius 1 is 1.21 bits per heavy atom. The molecule has 2 aliphatic rings. The van der Waals surface area contributed by atoms with Crippen molar-refractivity contribution in [2.75, 3.05) is 5.32 Å². The van der Waals surface area contributed by atoms with Gasteiger partial charge in [0.1, 0.15) is 11.5 Å². The number of pyridine rings is 2. The van der Waals surface area contributed by atoms with Gasteiger partial charge < -0.3 is 5.32 Å². The van der Waals surface area contributed by atoms with Crippen molar-refractivity contribution in [2.45, 2.75) is 64.8 Å². The van der Waals surface area contributed by atoms with Crippen LogP contribution in [0.2, 0.25) is 0 Å². The Hall–Kier alpha value is -3.35. The standard InChI is InChI=1S/C26H29N5O2/c1-4-17-9-10-18-11-12-22(28-21(18)13-17)29-26-27-14-20-15(2)23(16(3)32)25(33)31(24(20)30-26)19-7-5-6-8-19/h4,11-12,14,17,19H,1,5-10,13H2,2-3H3,(H,27,28,29,30). The summed E-state index contributed by atoms with van der Waals surface area (Å²) in [6.45, 7) is 7.19. The van der Waals surface area contributed by atoms with Gasteiger partial charge in [-0.2, -0.15) is 4.98 Å². The Morgan fingerprint density at radius 2 is 2.00 bits per heavy atom. The van der Waals surface area contributed by atoms with E-state index in [1.54, 1.807) is 17.7 Å². The average molecular weight is 444 g/mol. The van der Waals surface area contributed by atoms with Crippen molar-refractivity contribution in [1.29, 1.82) is 0 Å². The number of nitrogens with zero attached hydrogens (tertiary/aromatic N) is 4. The summed E-state index contributed by atoms with van der Waals surface area (Å²) in [4.78, 5) is 39.7. The molecule has 1 unspecified atom stereocenters. The zero-order chi connectivity index (χ0) is 23.1. The van der Waals surface area contributed by atoms with Gasteiger partial charge in [0.15, 0.2) is 5.78 Å². The van der Waals surface area contributed by atoms with Crippen LogP contribution in [0.4, 0.5) is 11.8 Å². The molecule has 170 valence electrons. The molecule has 0 saturated heterocycles. The monoisotopic (exact) mass is 443 g/mol. The fourth-order valence-corrected chi connectivity index (χ4v) is 5.32. The van der Waals surface area contributed by atoms with Crippen molar-refractivity contribution < 1.29 is 4.79 Å². The Balaban J connectivity index is 1.58. The summed E-state index contributed by atoms with van der Waals surface area (Å²) in [5.41, 5.74) is 3.59. The van der Waals surface area contributed by atoms with Gasteiger partial charge in [0, 0.05) is 23.3 Å². The van der Waals surface area contributed by atoms with Crippen molar-refractivity contribution in [1.82, 2.24) is 19.5 Å². The van der Waals surface area contributed by atoms with Gasteiger partial charge in [-0.05, 0) is 69.1 Å². The third-order valence-electron chi connectivity index (χ3n) is 7.13. The molecule has 0 aliphatic heterocycles. The highest BCUT2D eigenvalue weighted by molar-refractivity contribution is 5.99. The molecular weight excluding hydrogens is 414 g/mol. The van der Waals surface area contributed by atoms with E-state index in [0.717, 1.165) is 56.0 Å². The lowest BCUT2D eigenvalue weighted by atomic mass is 9.87. The van der Waals surface area contributed by atoms with Crippen molar-refractivity contribution in [3.63, 3.8) is 0 Å². The van der Waals surface area contributed by atoms with Crippen LogP contribution in [-0.2, 0) is 12.8 Å². The normalized spacial score (nSPS) is 18.3. The number of hydrogen-bond acceptors (Lipinski definition) is 6. The van der Waals surface area contributed by atoms with E-state index in [1.807, 2.05) is 12.1 Å². The minimum Gasteiger partial charge on any atom is -0.309 e. The number of anilines is 2. The molecule has 1 N–H and O–H groups in total. The van der Waals surface area contributed by atoms with Crippen molar-refractivity contribution >= 4 is 28.6 Å². The number of carbonyl (C=O) groups excluding carboxylic acids is 1. The van der Waals surface area contributed by atoms with Gasteiger partial charge >= 0.3 is 0 Å². The second kappa shape index (κ2) is 8.54. The van der Waals surface area contributed by atoms with E-state index in [1.165, 1.54) is 12.5 Å². The topological polar surface area (TPSA) is 89.8 Å². The summed E-state index contributed by atoms with van der Waals surface area (Å²) in [5, 5.41) is 3.97. The number of ketones is 1. The molecule has 0 amide bonds. The third kappa shape index (κ3) is 3.86. The molecule has 2 aliphatic carbocycles. The van der Waals surface area contributed by atoms with Gasteiger partial charge in [-0.1, -0.05) is 25.0 Å². The van der Waals surface area contributed by atoms with Crippen LogP contribution < -0.4 is 10.9 Å². The number of carbonyl (C=O) groups is 1. The van der Waals surface area contributed by atoms with E-state index < -0.39 is 0 Å². The van der Waals surface area contributed by atoms with E-state index in [-0.39, 0.29) is 22.9 Å². The maximum atomic E-state index is 13.4. The molecule has 0 bridgehead atoms. The van der Waals surface area contributed by atoms with E-state index in [0.29, 0.717) is 28.9 Å². The van der Waals surface area contributed by atoms with E-state index >= 15 is 0 Å². The molecule has 0 spiro atoms. The minimum absolute atomic E-state index is 0.0548. The van der Waals surface area contributed by atoms with Crippen LogP contribution in [0.15, 0.2) is 35.8 Å². The number of fused-ring (bicyclic) bond motifs is 2. The molecule has 1 atom stereocenters. The fourth-order valence-electron chi connectivity index (χ4n) is 5.32. The number of aryl methyl sites for hydroxylation is 2. The van der Waals surface area contributed by atoms with Crippen molar-refractivity contribution in [3.8, 4) is 0 Å². The summed E-state index contributed by atoms with van der Waals surface area (Å²) >= 11 is 0. The second-order valence-corrected chi connectivity index (χ2v) is 9.27. The zero-order valence-electron chi connectivity index (χ0n) is 19.2. The fraction of sp³-hybridized carbons (Fsp3) is 0.423. The van der Waals surface area contributed by atoms with Crippen LogP contribution in [-0.4, -0.2) is 25.3 Å². The van der Waals surface area contributed by atoms with Crippen LogP contribution >= 0.6 is 0 Å². The number of allylic oxidation sites excluding steroid dienone is 1. The highest BCUT2D eigenvalue weighted by Gasteiger charge is 2.26. The second-order valence-electron chi connectivity index (χ2n) is 9.27. The first-order valence-corrected chi connectivity index (χ1v) is 11.8. The molecule has 5 rings (SSSR count). The Labute approximate surface area is 193 Å². The molecule has 3 heterocycles. The molecule has 7 nitrogen and oxygen atoms in total. The Kier molecular flexibility index (Phi) is 5.56. The molecule has 0 aromatic carbocycles. The SMILES string of the molecule is C=CC1CCc2ccc(Nc3ncc4c(C)c(C(C)=O)c(=O)n(C5CCCC5)c4n3)nc2C1. The van der Waals surface area contributed by atoms with Crippen LogP contribution in [0, 0.1) is 12.8 Å². The Bertz CT molecular complexity index is 1320. The first-order valence-electron chi connectivity index (χ1n) is 11.8. The summed E-state index contributed by atoms with van der Waals surface area (Å²) in [6, 6.07) is 4.12. The van der Waals surface area contributed by atoms with Gasteiger partial charge in [0.25, 0.3) is 5.56 Å². The van der Waals surface area contributed by atoms with Gasteiger partial charge in [0.05, 0.1) is 5.56 Å². The molecule has 7 heteroatoms. The average Bonchev–Trinajstić information content (AvgIpc) is 3.32.